The molecule has 3 heterocycles. The summed E-state index contributed by atoms with van der Waals surface area (Å²) in [6.45, 7) is 6.36. The average molecular weight is 411 g/mol. The molecule has 0 saturated carbocycles. The molecule has 0 aliphatic carbocycles. The molecule has 2 aromatic heterocycles. The van der Waals surface area contributed by atoms with Crippen LogP contribution >= 0.6 is 12.6 Å². The first kappa shape index (κ1) is 20.0. The van der Waals surface area contributed by atoms with Gasteiger partial charge in [-0.05, 0) is 30.8 Å². The fourth-order valence-corrected chi connectivity index (χ4v) is 3.11. The Hall–Kier alpha value is -1.73. The number of rotatable bonds is 3. The van der Waals surface area contributed by atoms with E-state index in [-0.39, 0.29) is 24.6 Å². The third-order valence-corrected chi connectivity index (χ3v) is 4.62. The molecule has 3 radical (unpaired) electrons. The van der Waals surface area contributed by atoms with Crippen molar-refractivity contribution >= 4 is 49.0 Å². The summed E-state index contributed by atoms with van der Waals surface area (Å²) in [6, 6.07) is 12.8. The molecule has 1 aromatic carbocycles. The quantitative estimate of drug-likeness (QED) is 0.392. The van der Waals surface area contributed by atoms with Gasteiger partial charge in [0, 0.05) is 29.5 Å². The van der Waals surface area contributed by atoms with Crippen LogP contribution in [-0.4, -0.2) is 53.4 Å². The van der Waals surface area contributed by atoms with E-state index in [1.165, 1.54) is 6.33 Å². The van der Waals surface area contributed by atoms with Gasteiger partial charge >= 0.3 is 18.6 Å². The van der Waals surface area contributed by atoms with Crippen molar-refractivity contribution in [2.45, 2.75) is 10.9 Å². The van der Waals surface area contributed by atoms with Crippen LogP contribution in [0.3, 0.4) is 0 Å². The molecule has 4 rings (SSSR count). The van der Waals surface area contributed by atoms with E-state index in [0.717, 1.165) is 35.0 Å². The minimum Gasteiger partial charge on any atom is -0.397 e. The van der Waals surface area contributed by atoms with Crippen molar-refractivity contribution in [3.05, 3.63) is 49.6 Å². The van der Waals surface area contributed by atoms with E-state index in [4.69, 9.17) is 13.0 Å². The number of hydrogen-bond donors (Lipinski definition) is 2. The van der Waals surface area contributed by atoms with Crippen LogP contribution in [0.2, 0.25) is 0 Å². The topological polar surface area (TPSA) is 57.2 Å². The maximum Gasteiger partial charge on any atom is 2.00 e. The summed E-state index contributed by atoms with van der Waals surface area (Å²) in [5, 5.41) is 3.30. The number of piperazine rings is 1. The van der Waals surface area contributed by atoms with Gasteiger partial charge in [-0.1, -0.05) is 11.6 Å². The molecule has 27 heavy (non-hydrogen) atoms. The third kappa shape index (κ3) is 4.41. The number of anilines is 3. The zero-order valence-corrected chi connectivity index (χ0v) is 16.9. The van der Waals surface area contributed by atoms with Gasteiger partial charge in [-0.3, -0.25) is 4.98 Å². The van der Waals surface area contributed by atoms with Gasteiger partial charge in [0.15, 0.2) is 7.98 Å². The van der Waals surface area contributed by atoms with Gasteiger partial charge in [0.25, 0.3) is 0 Å². The normalized spacial score (nSPS) is 17.6. The Morgan fingerprint density at radius 3 is 2.74 bits per heavy atom. The van der Waals surface area contributed by atoms with Crippen LogP contribution < -0.4 is 10.2 Å². The molecule has 3 aromatic rings. The first-order chi connectivity index (χ1) is 12.6. The van der Waals surface area contributed by atoms with E-state index in [1.54, 1.807) is 4.81 Å². The van der Waals surface area contributed by atoms with Gasteiger partial charge in [-0.15, -0.1) is 12.6 Å². The SMILES string of the molecule is [B]N1CCN(c2[c-]cc3ncnc(Nc4ccc(S)cc4)c3n2)C([CH2-])C1.[V+2]. The Morgan fingerprint density at radius 2 is 2.00 bits per heavy atom. The first-order valence-corrected chi connectivity index (χ1v) is 8.74. The molecule has 0 bridgehead atoms. The zero-order chi connectivity index (χ0) is 18.1. The fourth-order valence-electron chi connectivity index (χ4n) is 2.96. The number of thiol groups is 1. The van der Waals surface area contributed by atoms with Crippen molar-refractivity contribution in [3.8, 4) is 0 Å². The number of fused-ring (bicyclic) bond motifs is 1. The number of nitrogens with one attached hydrogen (secondary N) is 1. The number of aromatic nitrogens is 3. The van der Waals surface area contributed by atoms with Crippen molar-refractivity contribution in [3.63, 3.8) is 0 Å². The standard InChI is InChI=1S/C18H17BN6S.V/c1-12-10-24(19)8-9-25(12)16-7-6-15-17(23-16)18(21-11-20-15)22-13-2-4-14(26)5-3-13;/h2-6,11-12,26H,1,8-10H2,(H,20,21,22);/q-2;+2. The molecule has 133 valence electrons. The van der Waals surface area contributed by atoms with E-state index < -0.39 is 0 Å². The predicted molar refractivity (Wildman–Crippen MR) is 107 cm³/mol. The second-order valence-electron chi connectivity index (χ2n) is 6.19. The Morgan fingerprint density at radius 1 is 1.22 bits per heavy atom. The van der Waals surface area contributed by atoms with E-state index >= 15 is 0 Å². The molecule has 0 amide bonds. The summed E-state index contributed by atoms with van der Waals surface area (Å²) in [4.78, 5) is 18.2. The summed E-state index contributed by atoms with van der Waals surface area (Å²) < 4.78 is 0. The summed E-state index contributed by atoms with van der Waals surface area (Å²) in [7, 11) is 5.88. The number of benzene rings is 1. The number of hydrogen-bond acceptors (Lipinski definition) is 7. The molecule has 1 aliphatic rings. The molecule has 1 saturated heterocycles. The van der Waals surface area contributed by atoms with E-state index in [9.17, 15) is 0 Å². The van der Waals surface area contributed by atoms with E-state index in [0.29, 0.717) is 17.9 Å². The summed E-state index contributed by atoms with van der Waals surface area (Å²) >= 11 is 4.31. The molecule has 9 heteroatoms. The minimum atomic E-state index is 0. The Balaban J connectivity index is 0.00000210. The van der Waals surface area contributed by atoms with Crippen molar-refractivity contribution < 1.29 is 18.6 Å². The van der Waals surface area contributed by atoms with Gasteiger partial charge in [0.1, 0.15) is 5.82 Å². The Labute approximate surface area is 177 Å². The second kappa shape index (κ2) is 8.52. The molecule has 1 unspecified atom stereocenters. The Bertz CT molecular complexity index is 925. The minimum absolute atomic E-state index is 0. The third-order valence-electron chi connectivity index (χ3n) is 4.32. The van der Waals surface area contributed by atoms with Crippen molar-refractivity contribution in [1.82, 2.24) is 19.8 Å². The van der Waals surface area contributed by atoms with Gasteiger partial charge < -0.3 is 26.9 Å². The van der Waals surface area contributed by atoms with Gasteiger partial charge in [-0.25, -0.2) is 17.1 Å². The zero-order valence-electron chi connectivity index (χ0n) is 14.6. The second-order valence-corrected chi connectivity index (χ2v) is 6.71. The predicted octanol–water partition coefficient (Wildman–Crippen LogP) is 2.26. The largest absolute Gasteiger partial charge is 2.00 e. The van der Waals surface area contributed by atoms with Crippen LogP contribution in [0.4, 0.5) is 17.3 Å². The fraction of sp³-hybridized carbons (Fsp3) is 0.222. The molecule has 0 spiro atoms. The smallest absolute Gasteiger partial charge is 0.397 e. The average Bonchev–Trinajstić information content (AvgIpc) is 2.64. The summed E-state index contributed by atoms with van der Waals surface area (Å²) in [5.41, 5.74) is 2.33. The van der Waals surface area contributed by atoms with Gasteiger partial charge in [-0.2, -0.15) is 0 Å². The molecule has 6 nitrogen and oxygen atoms in total. The monoisotopic (exact) mass is 411 g/mol. The molecule has 1 N–H and O–H groups in total. The molecular weight excluding hydrogens is 394 g/mol. The van der Waals surface area contributed by atoms with Crippen LogP contribution in [0.15, 0.2) is 41.6 Å². The van der Waals surface area contributed by atoms with Crippen LogP contribution in [0.25, 0.3) is 11.0 Å². The van der Waals surface area contributed by atoms with Gasteiger partial charge in [0.05, 0.1) is 11.8 Å². The molecule has 1 atom stereocenters. The molecule has 1 aliphatic heterocycles. The first-order valence-electron chi connectivity index (χ1n) is 8.29. The molecular formula is C18H17BN6SV. The van der Waals surface area contributed by atoms with Crippen molar-refractivity contribution in [1.29, 1.82) is 0 Å². The van der Waals surface area contributed by atoms with Crippen LogP contribution in [0, 0.1) is 13.0 Å². The number of nitrogens with zero attached hydrogens (tertiary/aromatic N) is 5. The van der Waals surface area contributed by atoms with E-state index in [2.05, 4.69) is 45.8 Å². The van der Waals surface area contributed by atoms with E-state index in [1.807, 2.05) is 30.3 Å². The Kier molecular flexibility index (Phi) is 6.32. The summed E-state index contributed by atoms with van der Waals surface area (Å²) in [6.07, 6.45) is 1.52. The molecule has 1 fully saturated rings. The van der Waals surface area contributed by atoms with Gasteiger partial charge in [0.2, 0.25) is 0 Å². The summed E-state index contributed by atoms with van der Waals surface area (Å²) in [5.74, 6) is 1.38. The maximum absolute atomic E-state index is 5.88. The van der Waals surface area contributed by atoms with Crippen LogP contribution in [-0.2, 0) is 18.6 Å². The van der Waals surface area contributed by atoms with Crippen LogP contribution in [0.1, 0.15) is 0 Å². The van der Waals surface area contributed by atoms with Crippen LogP contribution in [0.5, 0.6) is 0 Å². The van der Waals surface area contributed by atoms with Crippen molar-refractivity contribution in [2.75, 3.05) is 29.9 Å². The van der Waals surface area contributed by atoms with Crippen molar-refractivity contribution in [2.24, 2.45) is 0 Å². The maximum atomic E-state index is 5.88. The number of pyridine rings is 1.